The summed E-state index contributed by atoms with van der Waals surface area (Å²) < 4.78 is 26.2. The summed E-state index contributed by atoms with van der Waals surface area (Å²) in [4.78, 5) is 27.9. The predicted octanol–water partition coefficient (Wildman–Crippen LogP) is 2.44. The van der Waals surface area contributed by atoms with Crippen molar-refractivity contribution in [1.29, 1.82) is 0 Å². The van der Waals surface area contributed by atoms with Crippen molar-refractivity contribution in [3.05, 3.63) is 60.2 Å². The summed E-state index contributed by atoms with van der Waals surface area (Å²) in [6.45, 7) is 2.36. The fraction of sp³-hybridized carbons (Fsp3) is 0.263. The number of nitrogens with one attached hydrogen (secondary N) is 2. The molecule has 2 aromatic rings. The zero-order chi connectivity index (χ0) is 19.2. The lowest BCUT2D eigenvalue weighted by atomic mass is 10.2. The molecule has 1 aliphatic heterocycles. The fourth-order valence-electron chi connectivity index (χ4n) is 2.92. The topological polar surface area (TPSA) is 64.7 Å². The van der Waals surface area contributed by atoms with Crippen LogP contribution in [0.4, 0.5) is 25.0 Å². The normalized spacial score (nSPS) is 14.0. The number of rotatable bonds is 4. The van der Waals surface area contributed by atoms with E-state index < -0.39 is 17.7 Å². The van der Waals surface area contributed by atoms with Crippen LogP contribution >= 0.6 is 0 Å². The number of hydrogen-bond acceptors (Lipinski definition) is 3. The van der Waals surface area contributed by atoms with Crippen LogP contribution in [0.2, 0.25) is 0 Å². The molecule has 2 aromatic carbocycles. The monoisotopic (exact) mass is 374 g/mol. The highest BCUT2D eigenvalue weighted by molar-refractivity contribution is 5.92. The molecule has 0 atom stereocenters. The van der Waals surface area contributed by atoms with Crippen LogP contribution in [0.25, 0.3) is 0 Å². The third-order valence-electron chi connectivity index (χ3n) is 4.27. The van der Waals surface area contributed by atoms with Crippen LogP contribution in [0.5, 0.6) is 0 Å². The Morgan fingerprint density at radius 2 is 1.56 bits per heavy atom. The molecule has 3 amide bonds. The van der Waals surface area contributed by atoms with Crippen LogP contribution in [0.1, 0.15) is 0 Å². The van der Waals surface area contributed by atoms with Crippen LogP contribution in [0.3, 0.4) is 0 Å². The Morgan fingerprint density at radius 1 is 0.926 bits per heavy atom. The van der Waals surface area contributed by atoms with Crippen LogP contribution in [-0.2, 0) is 4.79 Å². The smallest absolute Gasteiger partial charge is 0.319 e. The maximum atomic E-state index is 13.1. The second kappa shape index (κ2) is 8.48. The Kier molecular flexibility index (Phi) is 5.85. The van der Waals surface area contributed by atoms with Crippen molar-refractivity contribution in [3.8, 4) is 0 Å². The summed E-state index contributed by atoms with van der Waals surface area (Å²) in [5.74, 6) is -1.79. The van der Waals surface area contributed by atoms with Gasteiger partial charge in [0.05, 0.1) is 6.54 Å². The molecule has 1 heterocycles. The molecule has 8 heteroatoms. The number of urea groups is 1. The van der Waals surface area contributed by atoms with E-state index in [-0.39, 0.29) is 18.1 Å². The van der Waals surface area contributed by atoms with Crippen LogP contribution in [-0.4, -0.2) is 49.6 Å². The quantitative estimate of drug-likeness (QED) is 0.864. The van der Waals surface area contributed by atoms with Gasteiger partial charge in [0, 0.05) is 43.6 Å². The zero-order valence-corrected chi connectivity index (χ0v) is 14.6. The lowest BCUT2D eigenvalue weighted by Crippen LogP contribution is -2.51. The van der Waals surface area contributed by atoms with Gasteiger partial charge in [-0.2, -0.15) is 0 Å². The maximum absolute atomic E-state index is 13.1. The molecule has 0 bridgehead atoms. The summed E-state index contributed by atoms with van der Waals surface area (Å²) in [6.07, 6.45) is 0. The van der Waals surface area contributed by atoms with Crippen molar-refractivity contribution >= 4 is 23.3 Å². The standard InChI is InChI=1S/C19H20F2N4O2/c20-14-10-15(21)12-16(11-14)23-19(27)22-13-18(26)25-8-6-24(7-9-25)17-4-2-1-3-5-17/h1-5,10-12H,6-9,13H2,(H2,22,23,27). The number of nitrogens with zero attached hydrogens (tertiary/aromatic N) is 2. The van der Waals surface area contributed by atoms with E-state index >= 15 is 0 Å². The first-order chi connectivity index (χ1) is 13.0. The van der Waals surface area contributed by atoms with Crippen LogP contribution < -0.4 is 15.5 Å². The molecule has 3 rings (SSSR count). The largest absolute Gasteiger partial charge is 0.368 e. The molecule has 1 fully saturated rings. The van der Waals surface area contributed by atoms with E-state index in [2.05, 4.69) is 15.5 Å². The fourth-order valence-corrected chi connectivity index (χ4v) is 2.92. The zero-order valence-electron chi connectivity index (χ0n) is 14.6. The minimum Gasteiger partial charge on any atom is -0.368 e. The van der Waals surface area contributed by atoms with Crippen LogP contribution in [0.15, 0.2) is 48.5 Å². The molecule has 27 heavy (non-hydrogen) atoms. The first kappa shape index (κ1) is 18.6. The van der Waals surface area contributed by atoms with Gasteiger partial charge in [0.25, 0.3) is 0 Å². The van der Waals surface area contributed by atoms with E-state index in [1.165, 1.54) is 0 Å². The number of benzene rings is 2. The molecule has 0 radical (unpaired) electrons. The number of amides is 3. The highest BCUT2D eigenvalue weighted by Crippen LogP contribution is 2.15. The second-order valence-corrected chi connectivity index (χ2v) is 6.17. The van der Waals surface area contributed by atoms with Crippen LogP contribution in [0, 0.1) is 11.6 Å². The molecule has 1 aliphatic rings. The van der Waals surface area contributed by atoms with Gasteiger partial charge in [-0.3, -0.25) is 4.79 Å². The van der Waals surface area contributed by atoms with Crippen molar-refractivity contribution < 1.29 is 18.4 Å². The third-order valence-corrected chi connectivity index (χ3v) is 4.27. The van der Waals surface area contributed by atoms with E-state index in [1.54, 1.807) is 4.90 Å². The Bertz CT molecular complexity index is 788. The molecule has 0 aromatic heterocycles. The first-order valence-corrected chi connectivity index (χ1v) is 8.60. The molecule has 142 valence electrons. The number of hydrogen-bond donors (Lipinski definition) is 2. The molecule has 0 aliphatic carbocycles. The number of carbonyl (C=O) groups excluding carboxylic acids is 2. The first-order valence-electron chi connectivity index (χ1n) is 8.60. The van der Waals surface area contributed by atoms with Crippen molar-refractivity contribution in [2.45, 2.75) is 0 Å². The Balaban J connectivity index is 1.43. The van der Waals surface area contributed by atoms with E-state index in [0.29, 0.717) is 32.2 Å². The SMILES string of the molecule is O=C(NCC(=O)N1CCN(c2ccccc2)CC1)Nc1cc(F)cc(F)c1. The minimum absolute atomic E-state index is 0.0195. The van der Waals surface area contributed by atoms with Crippen molar-refractivity contribution in [2.75, 3.05) is 42.9 Å². The van der Waals surface area contributed by atoms with Crippen molar-refractivity contribution in [3.63, 3.8) is 0 Å². The molecule has 0 unspecified atom stereocenters. The van der Waals surface area contributed by atoms with Gasteiger partial charge in [-0.15, -0.1) is 0 Å². The predicted molar refractivity (Wildman–Crippen MR) is 98.6 cm³/mol. The Labute approximate surface area is 155 Å². The van der Waals surface area contributed by atoms with E-state index in [9.17, 15) is 18.4 Å². The lowest BCUT2D eigenvalue weighted by Gasteiger charge is -2.36. The van der Waals surface area contributed by atoms with Gasteiger partial charge in [-0.1, -0.05) is 18.2 Å². The van der Waals surface area contributed by atoms with E-state index in [1.807, 2.05) is 30.3 Å². The number of halogens is 2. The number of para-hydroxylation sites is 1. The van der Waals surface area contributed by atoms with Gasteiger partial charge in [-0.05, 0) is 24.3 Å². The van der Waals surface area contributed by atoms with Gasteiger partial charge >= 0.3 is 6.03 Å². The average molecular weight is 374 g/mol. The molecule has 0 spiro atoms. The lowest BCUT2D eigenvalue weighted by molar-refractivity contribution is -0.130. The number of carbonyl (C=O) groups is 2. The molecule has 2 N–H and O–H groups in total. The summed E-state index contributed by atoms with van der Waals surface area (Å²) in [6, 6.07) is 12.0. The van der Waals surface area contributed by atoms with E-state index in [4.69, 9.17) is 0 Å². The average Bonchev–Trinajstić information content (AvgIpc) is 2.66. The summed E-state index contributed by atoms with van der Waals surface area (Å²) in [7, 11) is 0. The maximum Gasteiger partial charge on any atom is 0.319 e. The summed E-state index contributed by atoms with van der Waals surface area (Å²) >= 11 is 0. The van der Waals surface area contributed by atoms with Gasteiger partial charge in [0.15, 0.2) is 0 Å². The molecule has 0 saturated carbocycles. The van der Waals surface area contributed by atoms with E-state index in [0.717, 1.165) is 17.8 Å². The highest BCUT2D eigenvalue weighted by Gasteiger charge is 2.21. The van der Waals surface area contributed by atoms with Gasteiger partial charge in [0.1, 0.15) is 11.6 Å². The van der Waals surface area contributed by atoms with Gasteiger partial charge in [0.2, 0.25) is 5.91 Å². The molecule has 6 nitrogen and oxygen atoms in total. The van der Waals surface area contributed by atoms with Gasteiger partial charge < -0.3 is 20.4 Å². The van der Waals surface area contributed by atoms with Crippen molar-refractivity contribution in [2.24, 2.45) is 0 Å². The Hall–Kier alpha value is -3.16. The summed E-state index contributed by atoms with van der Waals surface area (Å²) in [5.41, 5.74) is 1.10. The molecular formula is C19H20F2N4O2. The highest BCUT2D eigenvalue weighted by atomic mass is 19.1. The minimum atomic E-state index is -0.794. The second-order valence-electron chi connectivity index (χ2n) is 6.17. The van der Waals surface area contributed by atoms with Gasteiger partial charge in [-0.25, -0.2) is 13.6 Å². The van der Waals surface area contributed by atoms with Crippen molar-refractivity contribution in [1.82, 2.24) is 10.2 Å². The number of anilines is 2. The molecular weight excluding hydrogens is 354 g/mol. The number of piperazine rings is 1. The molecule has 1 saturated heterocycles. The summed E-state index contributed by atoms with van der Waals surface area (Å²) in [5, 5.41) is 4.71. The third kappa shape index (κ3) is 5.16. The Morgan fingerprint density at radius 3 is 2.19 bits per heavy atom.